The first-order valence-electron chi connectivity index (χ1n) is 3.68. The minimum atomic E-state index is 0.112. The van der Waals surface area contributed by atoms with E-state index in [1.165, 1.54) is 6.33 Å². The molecule has 2 heterocycles. The van der Waals surface area contributed by atoms with Gasteiger partial charge in [-0.05, 0) is 6.92 Å². The van der Waals surface area contributed by atoms with Gasteiger partial charge in [-0.25, -0.2) is 9.97 Å². The fraction of sp³-hybridized carbons (Fsp3) is 0.429. The summed E-state index contributed by atoms with van der Waals surface area (Å²) in [6, 6.07) is 0. The number of hydrogen-bond acceptors (Lipinski definition) is 4. The van der Waals surface area contributed by atoms with E-state index < -0.39 is 0 Å². The van der Waals surface area contributed by atoms with Crippen LogP contribution in [0.15, 0.2) is 6.33 Å². The molecule has 1 aromatic heterocycles. The monoisotopic (exact) mass is 185 g/mol. The Morgan fingerprint density at radius 1 is 1.67 bits per heavy atom. The van der Waals surface area contributed by atoms with Gasteiger partial charge in [0, 0.05) is 0 Å². The van der Waals surface area contributed by atoms with E-state index in [-0.39, 0.29) is 6.10 Å². The lowest BCUT2D eigenvalue weighted by molar-refractivity contribution is 0.224. The van der Waals surface area contributed by atoms with Gasteiger partial charge in [-0.1, -0.05) is 11.6 Å². The molecule has 1 N–H and O–H groups in total. The quantitative estimate of drug-likeness (QED) is 0.620. The second-order valence-electron chi connectivity index (χ2n) is 2.65. The van der Waals surface area contributed by atoms with E-state index >= 15 is 0 Å². The second-order valence-corrected chi connectivity index (χ2v) is 3.01. The van der Waals surface area contributed by atoms with Gasteiger partial charge >= 0.3 is 0 Å². The van der Waals surface area contributed by atoms with Crippen LogP contribution in [0.2, 0.25) is 5.15 Å². The van der Waals surface area contributed by atoms with E-state index in [1.807, 2.05) is 6.92 Å². The van der Waals surface area contributed by atoms with Gasteiger partial charge in [-0.15, -0.1) is 0 Å². The Kier molecular flexibility index (Phi) is 1.77. The largest absolute Gasteiger partial charge is 0.482 e. The van der Waals surface area contributed by atoms with Crippen LogP contribution >= 0.6 is 11.6 Å². The van der Waals surface area contributed by atoms with Crippen molar-refractivity contribution >= 4 is 17.4 Å². The van der Waals surface area contributed by atoms with Crippen molar-refractivity contribution in [1.82, 2.24) is 9.97 Å². The number of halogens is 1. The molecular weight excluding hydrogens is 178 g/mol. The summed E-state index contributed by atoms with van der Waals surface area (Å²) in [7, 11) is 0. The number of fused-ring (bicyclic) bond motifs is 1. The highest BCUT2D eigenvalue weighted by atomic mass is 35.5. The molecule has 5 heteroatoms. The second kappa shape index (κ2) is 2.79. The lowest BCUT2D eigenvalue weighted by Crippen LogP contribution is -2.28. The molecule has 0 radical (unpaired) electrons. The van der Waals surface area contributed by atoms with Gasteiger partial charge in [0.1, 0.15) is 12.4 Å². The number of nitrogens with one attached hydrogen (secondary N) is 1. The predicted molar refractivity (Wildman–Crippen MR) is 45.6 cm³/mol. The zero-order valence-electron chi connectivity index (χ0n) is 6.54. The van der Waals surface area contributed by atoms with Crippen LogP contribution in [-0.2, 0) is 0 Å². The van der Waals surface area contributed by atoms with E-state index in [0.29, 0.717) is 16.7 Å². The Bertz CT molecular complexity index is 305. The summed E-state index contributed by atoms with van der Waals surface area (Å²) < 4.78 is 5.44. The Labute approximate surface area is 74.9 Å². The fourth-order valence-electron chi connectivity index (χ4n) is 1.07. The molecule has 0 bridgehead atoms. The molecule has 64 valence electrons. The molecular formula is C7H8ClN3O. The van der Waals surface area contributed by atoms with Crippen molar-refractivity contribution in [3.63, 3.8) is 0 Å². The maximum absolute atomic E-state index is 5.79. The molecule has 1 atom stereocenters. The molecule has 0 spiro atoms. The van der Waals surface area contributed by atoms with Crippen molar-refractivity contribution in [2.45, 2.75) is 13.0 Å². The molecule has 1 aliphatic rings. The zero-order valence-corrected chi connectivity index (χ0v) is 7.30. The standard InChI is InChI=1S/C7H8ClN3O/c1-4-2-9-7-5(12-4)6(8)10-3-11-7/h3-4H,2H2,1H3,(H,9,10,11). The van der Waals surface area contributed by atoms with Crippen LogP contribution in [0.4, 0.5) is 5.82 Å². The Hall–Kier alpha value is -1.03. The number of ether oxygens (including phenoxy) is 1. The Morgan fingerprint density at radius 2 is 2.50 bits per heavy atom. The first-order chi connectivity index (χ1) is 5.77. The first-order valence-corrected chi connectivity index (χ1v) is 4.06. The van der Waals surface area contributed by atoms with Crippen LogP contribution in [0, 0.1) is 0 Å². The lowest BCUT2D eigenvalue weighted by Gasteiger charge is -2.23. The third-order valence-electron chi connectivity index (χ3n) is 1.64. The van der Waals surface area contributed by atoms with Crippen molar-refractivity contribution in [2.75, 3.05) is 11.9 Å². The van der Waals surface area contributed by atoms with E-state index in [1.54, 1.807) is 0 Å². The summed E-state index contributed by atoms with van der Waals surface area (Å²) in [5, 5.41) is 3.45. The van der Waals surface area contributed by atoms with Gasteiger partial charge in [-0.3, -0.25) is 0 Å². The van der Waals surface area contributed by atoms with Crippen molar-refractivity contribution in [1.29, 1.82) is 0 Å². The topological polar surface area (TPSA) is 47.0 Å². The van der Waals surface area contributed by atoms with Crippen LogP contribution in [0.5, 0.6) is 5.75 Å². The SMILES string of the molecule is CC1CNc2ncnc(Cl)c2O1. The molecule has 0 aromatic carbocycles. The van der Waals surface area contributed by atoms with E-state index in [0.717, 1.165) is 6.54 Å². The number of aromatic nitrogens is 2. The van der Waals surface area contributed by atoms with Crippen LogP contribution in [0.1, 0.15) is 6.92 Å². The fourth-order valence-corrected chi connectivity index (χ4v) is 1.24. The van der Waals surface area contributed by atoms with Gasteiger partial charge in [0.15, 0.2) is 16.7 Å². The van der Waals surface area contributed by atoms with Gasteiger partial charge in [0.25, 0.3) is 0 Å². The smallest absolute Gasteiger partial charge is 0.199 e. The molecule has 0 amide bonds. The van der Waals surface area contributed by atoms with Crippen LogP contribution in [0.25, 0.3) is 0 Å². The molecule has 12 heavy (non-hydrogen) atoms. The average Bonchev–Trinajstić information content (AvgIpc) is 2.07. The van der Waals surface area contributed by atoms with Crippen molar-refractivity contribution in [2.24, 2.45) is 0 Å². The minimum absolute atomic E-state index is 0.112. The molecule has 0 saturated carbocycles. The summed E-state index contributed by atoms with van der Waals surface area (Å²) in [5.74, 6) is 1.23. The molecule has 2 rings (SSSR count). The Morgan fingerprint density at radius 3 is 3.33 bits per heavy atom. The normalized spacial score (nSPS) is 20.7. The summed E-state index contributed by atoms with van der Waals surface area (Å²) >= 11 is 5.79. The van der Waals surface area contributed by atoms with Crippen LogP contribution < -0.4 is 10.1 Å². The van der Waals surface area contributed by atoms with Crippen molar-refractivity contribution in [3.05, 3.63) is 11.5 Å². The maximum Gasteiger partial charge on any atom is 0.199 e. The maximum atomic E-state index is 5.79. The zero-order chi connectivity index (χ0) is 8.55. The lowest BCUT2D eigenvalue weighted by atomic mass is 10.3. The average molecular weight is 186 g/mol. The van der Waals surface area contributed by atoms with E-state index in [4.69, 9.17) is 16.3 Å². The van der Waals surface area contributed by atoms with Crippen LogP contribution in [0.3, 0.4) is 0 Å². The van der Waals surface area contributed by atoms with Crippen molar-refractivity contribution < 1.29 is 4.74 Å². The highest BCUT2D eigenvalue weighted by Gasteiger charge is 2.19. The highest BCUT2D eigenvalue weighted by molar-refractivity contribution is 6.31. The molecule has 0 saturated heterocycles. The molecule has 0 fully saturated rings. The summed E-state index contributed by atoms with van der Waals surface area (Å²) in [6.45, 7) is 2.71. The van der Waals surface area contributed by atoms with E-state index in [9.17, 15) is 0 Å². The first kappa shape index (κ1) is 7.61. The predicted octanol–water partition coefficient (Wildman–Crippen LogP) is 1.32. The third kappa shape index (κ3) is 1.18. The van der Waals surface area contributed by atoms with Crippen LogP contribution in [-0.4, -0.2) is 22.6 Å². The molecule has 0 aliphatic carbocycles. The Balaban J connectivity index is 2.43. The van der Waals surface area contributed by atoms with E-state index in [2.05, 4.69) is 15.3 Å². The van der Waals surface area contributed by atoms with Gasteiger partial charge in [-0.2, -0.15) is 0 Å². The van der Waals surface area contributed by atoms with Gasteiger partial charge in [0.05, 0.1) is 6.54 Å². The van der Waals surface area contributed by atoms with Gasteiger partial charge in [0.2, 0.25) is 0 Å². The third-order valence-corrected chi connectivity index (χ3v) is 1.91. The number of hydrogen-bond donors (Lipinski definition) is 1. The van der Waals surface area contributed by atoms with Crippen molar-refractivity contribution in [3.8, 4) is 5.75 Å². The number of anilines is 1. The molecule has 4 nitrogen and oxygen atoms in total. The number of rotatable bonds is 0. The summed E-state index contributed by atoms with van der Waals surface area (Å²) in [6.07, 6.45) is 1.52. The molecule has 1 aliphatic heterocycles. The highest BCUT2D eigenvalue weighted by Crippen LogP contribution is 2.32. The minimum Gasteiger partial charge on any atom is -0.482 e. The number of nitrogens with zero attached hydrogens (tertiary/aromatic N) is 2. The summed E-state index contributed by atoms with van der Waals surface area (Å²) in [4.78, 5) is 7.80. The van der Waals surface area contributed by atoms with Gasteiger partial charge < -0.3 is 10.1 Å². The molecule has 1 unspecified atom stereocenters. The summed E-state index contributed by atoms with van der Waals surface area (Å²) in [5.41, 5.74) is 0. The molecule has 1 aromatic rings.